The van der Waals surface area contributed by atoms with Gasteiger partial charge in [-0.05, 0) is 45.7 Å². The van der Waals surface area contributed by atoms with E-state index in [0.29, 0.717) is 18.9 Å². The normalized spacial score (nSPS) is 15.0. The van der Waals surface area contributed by atoms with Crippen molar-refractivity contribution in [1.82, 2.24) is 14.7 Å². The quantitative estimate of drug-likeness (QED) is 0.833. The van der Waals surface area contributed by atoms with Crippen LogP contribution in [0.1, 0.15) is 49.5 Å². The minimum absolute atomic E-state index is 0.189. The molecule has 1 aromatic heterocycles. The first-order valence-electron chi connectivity index (χ1n) is 9.65. The number of nitriles is 1. The standard InChI is InChI=1S/C21H23F2N5O2/c1-21(2,3)28-12-14(11-24)18(26-28)25-19(29)13-6-8-27(9-7-13)20(30)16-5-4-15(22)10-17(16)23/h4-5,10,12-13H,6-9H2,1-3H3,(H,25,26,29). The van der Waals surface area contributed by atoms with Crippen molar-refractivity contribution >= 4 is 17.6 Å². The number of amides is 2. The van der Waals surface area contributed by atoms with Crippen LogP contribution in [0.4, 0.5) is 14.6 Å². The van der Waals surface area contributed by atoms with Gasteiger partial charge in [-0.1, -0.05) is 0 Å². The van der Waals surface area contributed by atoms with Crippen molar-refractivity contribution in [2.75, 3.05) is 18.4 Å². The average molecular weight is 415 g/mol. The summed E-state index contributed by atoms with van der Waals surface area (Å²) in [6, 6.07) is 4.88. The molecule has 1 saturated heterocycles. The fourth-order valence-corrected chi connectivity index (χ4v) is 3.29. The predicted octanol–water partition coefficient (Wildman–Crippen LogP) is 3.28. The molecule has 1 aliphatic heterocycles. The molecule has 0 aliphatic carbocycles. The van der Waals surface area contributed by atoms with Crippen molar-refractivity contribution in [2.45, 2.75) is 39.2 Å². The number of carbonyl (C=O) groups is 2. The second-order valence-electron chi connectivity index (χ2n) is 8.30. The maximum Gasteiger partial charge on any atom is 0.256 e. The number of halogens is 2. The zero-order valence-corrected chi connectivity index (χ0v) is 17.1. The van der Waals surface area contributed by atoms with E-state index in [1.54, 1.807) is 10.9 Å². The van der Waals surface area contributed by atoms with Crippen LogP contribution in [0.15, 0.2) is 24.4 Å². The highest BCUT2D eigenvalue weighted by atomic mass is 19.1. The molecule has 1 N–H and O–H groups in total. The smallest absolute Gasteiger partial charge is 0.256 e. The first-order chi connectivity index (χ1) is 14.1. The van der Waals surface area contributed by atoms with E-state index in [0.717, 1.165) is 12.1 Å². The molecule has 1 aromatic carbocycles. The summed E-state index contributed by atoms with van der Waals surface area (Å²) in [5.74, 6) is -2.60. The SMILES string of the molecule is CC(C)(C)n1cc(C#N)c(NC(=O)C2CCN(C(=O)c3ccc(F)cc3F)CC2)n1. The highest BCUT2D eigenvalue weighted by molar-refractivity contribution is 5.95. The monoisotopic (exact) mass is 415 g/mol. The van der Waals surface area contributed by atoms with Gasteiger partial charge in [0.25, 0.3) is 5.91 Å². The van der Waals surface area contributed by atoms with Crippen molar-refractivity contribution in [2.24, 2.45) is 5.92 Å². The topological polar surface area (TPSA) is 91.0 Å². The Bertz CT molecular complexity index is 1010. The number of piperidine rings is 1. The summed E-state index contributed by atoms with van der Waals surface area (Å²) in [5.41, 5.74) is -0.251. The number of anilines is 1. The summed E-state index contributed by atoms with van der Waals surface area (Å²) in [7, 11) is 0. The number of hydrogen-bond acceptors (Lipinski definition) is 4. The van der Waals surface area contributed by atoms with Gasteiger partial charge >= 0.3 is 0 Å². The van der Waals surface area contributed by atoms with Crippen LogP contribution in [0.2, 0.25) is 0 Å². The summed E-state index contributed by atoms with van der Waals surface area (Å²) < 4.78 is 28.6. The van der Waals surface area contributed by atoms with Crippen molar-refractivity contribution in [3.63, 3.8) is 0 Å². The lowest BCUT2D eigenvalue weighted by Gasteiger charge is -2.31. The number of nitrogens with one attached hydrogen (secondary N) is 1. The Morgan fingerprint density at radius 2 is 1.90 bits per heavy atom. The van der Waals surface area contributed by atoms with Gasteiger partial charge < -0.3 is 10.2 Å². The third kappa shape index (κ3) is 4.48. The van der Waals surface area contributed by atoms with E-state index in [2.05, 4.69) is 10.4 Å². The van der Waals surface area contributed by atoms with Gasteiger partial charge in [-0.2, -0.15) is 10.4 Å². The Hall–Kier alpha value is -3.28. The molecule has 1 aliphatic rings. The van der Waals surface area contributed by atoms with Gasteiger partial charge in [-0.3, -0.25) is 14.3 Å². The first kappa shape index (κ1) is 21.4. The summed E-state index contributed by atoms with van der Waals surface area (Å²) in [6.07, 6.45) is 2.37. The largest absolute Gasteiger partial charge is 0.339 e. The third-order valence-electron chi connectivity index (χ3n) is 5.08. The van der Waals surface area contributed by atoms with Gasteiger partial charge in [0, 0.05) is 31.3 Å². The zero-order valence-electron chi connectivity index (χ0n) is 17.1. The van der Waals surface area contributed by atoms with E-state index in [1.807, 2.05) is 26.8 Å². The first-order valence-corrected chi connectivity index (χ1v) is 9.65. The number of carbonyl (C=O) groups excluding carboxylic acids is 2. The molecule has 2 amide bonds. The summed E-state index contributed by atoms with van der Waals surface area (Å²) in [6.45, 7) is 6.35. The van der Waals surface area contributed by atoms with Crippen LogP contribution in [-0.2, 0) is 10.3 Å². The number of aromatic nitrogens is 2. The summed E-state index contributed by atoms with van der Waals surface area (Å²) in [4.78, 5) is 26.6. The maximum absolute atomic E-state index is 13.9. The Labute approximate surface area is 173 Å². The van der Waals surface area contributed by atoms with E-state index in [4.69, 9.17) is 0 Å². The molecule has 0 unspecified atom stereocenters. The number of benzene rings is 1. The van der Waals surface area contributed by atoms with Crippen LogP contribution in [0.5, 0.6) is 0 Å². The molecule has 30 heavy (non-hydrogen) atoms. The minimum Gasteiger partial charge on any atom is -0.339 e. The van der Waals surface area contributed by atoms with E-state index in [1.165, 1.54) is 4.90 Å². The molecular weight excluding hydrogens is 392 g/mol. The molecule has 3 rings (SSSR count). The van der Waals surface area contributed by atoms with Gasteiger partial charge in [0.2, 0.25) is 5.91 Å². The fourth-order valence-electron chi connectivity index (χ4n) is 3.29. The Kier molecular flexibility index (Phi) is 5.87. The molecule has 0 saturated carbocycles. The molecule has 7 nitrogen and oxygen atoms in total. The van der Waals surface area contributed by atoms with Crippen LogP contribution in [-0.4, -0.2) is 39.6 Å². The average Bonchev–Trinajstić information content (AvgIpc) is 3.11. The van der Waals surface area contributed by atoms with E-state index >= 15 is 0 Å². The number of likely N-dealkylation sites (tertiary alicyclic amines) is 1. The highest BCUT2D eigenvalue weighted by Crippen LogP contribution is 2.24. The van der Waals surface area contributed by atoms with E-state index in [9.17, 15) is 23.6 Å². The molecule has 9 heteroatoms. The third-order valence-corrected chi connectivity index (χ3v) is 5.08. The van der Waals surface area contributed by atoms with Crippen molar-refractivity contribution in [3.05, 3.63) is 47.2 Å². The molecule has 2 aromatic rings. The van der Waals surface area contributed by atoms with Crippen LogP contribution < -0.4 is 5.32 Å². The lowest BCUT2D eigenvalue weighted by Crippen LogP contribution is -2.41. The van der Waals surface area contributed by atoms with Crippen LogP contribution >= 0.6 is 0 Å². The lowest BCUT2D eigenvalue weighted by molar-refractivity contribution is -0.121. The fraction of sp³-hybridized carbons (Fsp3) is 0.429. The zero-order chi connectivity index (χ0) is 22.1. The summed E-state index contributed by atoms with van der Waals surface area (Å²) in [5, 5.41) is 16.3. The number of rotatable bonds is 3. The predicted molar refractivity (Wildman–Crippen MR) is 106 cm³/mol. The van der Waals surface area contributed by atoms with Crippen molar-refractivity contribution in [1.29, 1.82) is 5.26 Å². The van der Waals surface area contributed by atoms with Gasteiger partial charge in [0.1, 0.15) is 23.3 Å². The van der Waals surface area contributed by atoms with Crippen LogP contribution in [0, 0.1) is 28.9 Å². The number of hydrogen-bond donors (Lipinski definition) is 1. The summed E-state index contributed by atoms with van der Waals surface area (Å²) >= 11 is 0. The molecule has 0 bridgehead atoms. The number of nitrogens with zero attached hydrogens (tertiary/aromatic N) is 4. The molecule has 0 atom stereocenters. The molecule has 158 valence electrons. The highest BCUT2D eigenvalue weighted by Gasteiger charge is 2.30. The van der Waals surface area contributed by atoms with Gasteiger partial charge in [0.05, 0.1) is 11.1 Å². The molecule has 0 spiro atoms. The Balaban J connectivity index is 1.63. The van der Waals surface area contributed by atoms with Crippen LogP contribution in [0.25, 0.3) is 0 Å². The van der Waals surface area contributed by atoms with Crippen molar-refractivity contribution < 1.29 is 18.4 Å². The van der Waals surface area contributed by atoms with E-state index in [-0.39, 0.29) is 47.4 Å². The second-order valence-corrected chi connectivity index (χ2v) is 8.30. The minimum atomic E-state index is -0.904. The maximum atomic E-state index is 13.9. The van der Waals surface area contributed by atoms with Gasteiger partial charge in [-0.25, -0.2) is 8.78 Å². The van der Waals surface area contributed by atoms with Gasteiger partial charge in [-0.15, -0.1) is 0 Å². The molecule has 1 fully saturated rings. The molecule has 0 radical (unpaired) electrons. The molecular formula is C21H23F2N5O2. The Morgan fingerprint density at radius 3 is 2.47 bits per heavy atom. The van der Waals surface area contributed by atoms with Gasteiger partial charge in [0.15, 0.2) is 5.82 Å². The van der Waals surface area contributed by atoms with Crippen LogP contribution in [0.3, 0.4) is 0 Å². The molecule has 2 heterocycles. The van der Waals surface area contributed by atoms with E-state index < -0.39 is 17.5 Å². The van der Waals surface area contributed by atoms with Crippen molar-refractivity contribution in [3.8, 4) is 6.07 Å². The Morgan fingerprint density at radius 1 is 1.23 bits per heavy atom. The lowest BCUT2D eigenvalue weighted by atomic mass is 9.95. The second kappa shape index (κ2) is 8.22.